The number of hydrogen-bond donors (Lipinski definition) is 2. The van der Waals surface area contributed by atoms with Gasteiger partial charge < -0.3 is 10.1 Å². The molecule has 0 spiro atoms. The molecule has 1 heterocycles. The summed E-state index contributed by atoms with van der Waals surface area (Å²) in [5.41, 5.74) is -0.161. The minimum atomic E-state index is -0.161. The number of carbonyl (C=O) groups excluding carboxylic acids is 1. The van der Waals surface area contributed by atoms with Gasteiger partial charge in [0.2, 0.25) is 0 Å². The maximum absolute atomic E-state index is 11.9. The molecule has 1 aromatic heterocycles. The van der Waals surface area contributed by atoms with E-state index in [0.717, 1.165) is 49.7 Å². The lowest BCUT2D eigenvalue weighted by Crippen LogP contribution is -2.21. The second-order valence-corrected chi connectivity index (χ2v) is 7.01. The van der Waals surface area contributed by atoms with Gasteiger partial charge in [-0.05, 0) is 44.6 Å². The second-order valence-electron chi connectivity index (χ2n) is 7.01. The van der Waals surface area contributed by atoms with Crippen molar-refractivity contribution >= 4 is 22.6 Å². The number of ether oxygens (including phenoxy) is 1. The van der Waals surface area contributed by atoms with Gasteiger partial charge in [-0.25, -0.2) is 5.10 Å². The highest BCUT2D eigenvalue weighted by Gasteiger charge is 2.21. The van der Waals surface area contributed by atoms with E-state index in [1.807, 2.05) is 31.2 Å². The summed E-state index contributed by atoms with van der Waals surface area (Å²) in [6.07, 6.45) is 6.92. The number of benzene rings is 1. The number of aromatic nitrogens is 2. The van der Waals surface area contributed by atoms with Crippen molar-refractivity contribution in [2.24, 2.45) is 5.92 Å². The van der Waals surface area contributed by atoms with Crippen LogP contribution in [-0.4, -0.2) is 28.8 Å². The zero-order valence-electron chi connectivity index (χ0n) is 15.3. The fourth-order valence-corrected chi connectivity index (χ4v) is 3.78. The Morgan fingerprint density at radius 3 is 2.85 bits per heavy atom. The third-order valence-electron chi connectivity index (χ3n) is 5.19. The van der Waals surface area contributed by atoms with Crippen molar-refractivity contribution in [3.05, 3.63) is 34.6 Å². The van der Waals surface area contributed by atoms with Crippen molar-refractivity contribution in [2.75, 3.05) is 11.9 Å². The predicted molar refractivity (Wildman–Crippen MR) is 102 cm³/mol. The Morgan fingerprint density at radius 1 is 1.23 bits per heavy atom. The van der Waals surface area contributed by atoms with Gasteiger partial charge >= 0.3 is 5.97 Å². The molecule has 2 N–H and O–H groups in total. The maximum Gasteiger partial charge on any atom is 0.305 e. The molecule has 2 atom stereocenters. The molecule has 0 saturated heterocycles. The van der Waals surface area contributed by atoms with Crippen LogP contribution in [0.3, 0.4) is 0 Å². The number of hydrogen-bond acceptors (Lipinski definition) is 5. The van der Waals surface area contributed by atoms with Gasteiger partial charge in [0.1, 0.15) is 0 Å². The van der Waals surface area contributed by atoms with Crippen LogP contribution >= 0.6 is 0 Å². The lowest BCUT2D eigenvalue weighted by molar-refractivity contribution is -0.143. The third kappa shape index (κ3) is 4.62. The zero-order valence-corrected chi connectivity index (χ0v) is 15.3. The van der Waals surface area contributed by atoms with Gasteiger partial charge in [0.25, 0.3) is 5.56 Å². The molecule has 6 heteroatoms. The molecule has 1 fully saturated rings. The number of nitrogens with one attached hydrogen (secondary N) is 2. The fraction of sp³-hybridized carbons (Fsp3) is 0.550. The van der Waals surface area contributed by atoms with Crippen molar-refractivity contribution in [3.63, 3.8) is 0 Å². The SMILES string of the molecule is CCOC(=O)CCC1CCCC(Nc2n[nH]c(=O)c3ccccc23)CC1. The van der Waals surface area contributed by atoms with Gasteiger partial charge in [-0.1, -0.05) is 31.0 Å². The maximum atomic E-state index is 11.9. The Balaban J connectivity index is 1.60. The molecule has 1 aliphatic rings. The van der Waals surface area contributed by atoms with Gasteiger partial charge in [-0.3, -0.25) is 9.59 Å². The molecular weight excluding hydrogens is 330 g/mol. The largest absolute Gasteiger partial charge is 0.466 e. The van der Waals surface area contributed by atoms with Crippen LogP contribution in [0.15, 0.2) is 29.1 Å². The van der Waals surface area contributed by atoms with Crippen LogP contribution in [-0.2, 0) is 9.53 Å². The highest BCUT2D eigenvalue weighted by Crippen LogP contribution is 2.29. The number of fused-ring (bicyclic) bond motifs is 1. The van der Waals surface area contributed by atoms with E-state index in [-0.39, 0.29) is 11.5 Å². The van der Waals surface area contributed by atoms with E-state index in [1.165, 1.54) is 0 Å². The van der Waals surface area contributed by atoms with Crippen molar-refractivity contribution in [1.29, 1.82) is 0 Å². The Kier molecular flexibility index (Phi) is 6.26. The standard InChI is InChI=1S/C20H27N3O3/c1-2-26-18(24)13-11-14-6-5-7-15(12-10-14)21-19-16-8-3-4-9-17(16)20(25)23-22-19/h3-4,8-9,14-15H,2,5-7,10-13H2,1H3,(H,21,22)(H,23,25). The predicted octanol–water partition coefficient (Wildman–Crippen LogP) is 3.63. The summed E-state index contributed by atoms with van der Waals surface area (Å²) in [6, 6.07) is 7.87. The van der Waals surface area contributed by atoms with Crippen molar-refractivity contribution in [2.45, 2.75) is 57.9 Å². The van der Waals surface area contributed by atoms with Crippen molar-refractivity contribution in [3.8, 4) is 0 Å². The van der Waals surface area contributed by atoms with Crippen LogP contribution in [0.4, 0.5) is 5.82 Å². The van der Waals surface area contributed by atoms with Crippen LogP contribution in [0.2, 0.25) is 0 Å². The van der Waals surface area contributed by atoms with Crippen LogP contribution < -0.4 is 10.9 Å². The first-order valence-corrected chi connectivity index (χ1v) is 9.57. The van der Waals surface area contributed by atoms with E-state index in [9.17, 15) is 9.59 Å². The quantitative estimate of drug-likeness (QED) is 0.609. The lowest BCUT2D eigenvalue weighted by Gasteiger charge is -2.18. The monoisotopic (exact) mass is 357 g/mol. The molecule has 1 aromatic carbocycles. The minimum absolute atomic E-state index is 0.0877. The van der Waals surface area contributed by atoms with Crippen molar-refractivity contribution in [1.82, 2.24) is 10.2 Å². The molecule has 140 valence electrons. The fourth-order valence-electron chi connectivity index (χ4n) is 3.78. The van der Waals surface area contributed by atoms with E-state index in [2.05, 4.69) is 15.5 Å². The molecule has 6 nitrogen and oxygen atoms in total. The average molecular weight is 357 g/mol. The first-order valence-electron chi connectivity index (χ1n) is 9.57. The number of aromatic amines is 1. The minimum Gasteiger partial charge on any atom is -0.466 e. The smallest absolute Gasteiger partial charge is 0.305 e. The van der Waals surface area contributed by atoms with E-state index < -0.39 is 0 Å². The molecular formula is C20H27N3O3. The van der Waals surface area contributed by atoms with E-state index in [4.69, 9.17) is 4.74 Å². The summed E-state index contributed by atoms with van der Waals surface area (Å²) in [4.78, 5) is 23.5. The lowest BCUT2D eigenvalue weighted by atomic mass is 9.95. The summed E-state index contributed by atoms with van der Waals surface area (Å²) in [6.45, 7) is 2.30. The molecule has 0 radical (unpaired) electrons. The van der Waals surface area contributed by atoms with Gasteiger partial charge in [0.15, 0.2) is 5.82 Å². The molecule has 26 heavy (non-hydrogen) atoms. The summed E-state index contributed by atoms with van der Waals surface area (Å²) < 4.78 is 5.03. The molecule has 1 saturated carbocycles. The molecule has 2 unspecified atom stereocenters. The third-order valence-corrected chi connectivity index (χ3v) is 5.19. The summed E-state index contributed by atoms with van der Waals surface area (Å²) in [5.74, 6) is 1.23. The Labute approximate surface area is 153 Å². The molecule has 3 rings (SSSR count). The normalized spacial score (nSPS) is 20.5. The van der Waals surface area contributed by atoms with Gasteiger partial charge in [0.05, 0.1) is 12.0 Å². The van der Waals surface area contributed by atoms with Crippen LogP contribution in [0.1, 0.15) is 51.9 Å². The zero-order chi connectivity index (χ0) is 18.4. The Bertz CT molecular complexity index is 802. The molecule has 0 bridgehead atoms. The summed E-state index contributed by atoms with van der Waals surface area (Å²) in [5, 5.41) is 11.8. The van der Waals surface area contributed by atoms with Crippen LogP contribution in [0.25, 0.3) is 10.8 Å². The van der Waals surface area contributed by atoms with Gasteiger partial charge in [0, 0.05) is 17.8 Å². The molecule has 2 aromatic rings. The van der Waals surface area contributed by atoms with E-state index in [1.54, 1.807) is 0 Å². The van der Waals surface area contributed by atoms with E-state index in [0.29, 0.717) is 30.4 Å². The number of H-pyrrole nitrogens is 1. The van der Waals surface area contributed by atoms with Gasteiger partial charge in [-0.2, -0.15) is 5.10 Å². The Hall–Kier alpha value is -2.37. The number of carbonyl (C=O) groups is 1. The molecule has 1 aliphatic carbocycles. The number of nitrogens with zero attached hydrogens (tertiary/aromatic N) is 1. The first-order chi connectivity index (χ1) is 12.7. The molecule has 0 amide bonds. The van der Waals surface area contributed by atoms with E-state index >= 15 is 0 Å². The highest BCUT2D eigenvalue weighted by molar-refractivity contribution is 5.90. The number of rotatable bonds is 6. The molecule has 0 aliphatic heterocycles. The van der Waals surface area contributed by atoms with Gasteiger partial charge in [-0.15, -0.1) is 0 Å². The average Bonchev–Trinajstić information content (AvgIpc) is 2.88. The highest BCUT2D eigenvalue weighted by atomic mass is 16.5. The number of anilines is 1. The summed E-state index contributed by atoms with van der Waals surface area (Å²) in [7, 11) is 0. The Morgan fingerprint density at radius 2 is 2.04 bits per heavy atom. The second kappa shape index (κ2) is 8.83. The topological polar surface area (TPSA) is 84.1 Å². The van der Waals surface area contributed by atoms with Crippen LogP contribution in [0.5, 0.6) is 0 Å². The summed E-state index contributed by atoms with van der Waals surface area (Å²) >= 11 is 0. The van der Waals surface area contributed by atoms with Crippen LogP contribution in [0, 0.1) is 5.92 Å². The first kappa shape index (κ1) is 18.4. The van der Waals surface area contributed by atoms with Crippen molar-refractivity contribution < 1.29 is 9.53 Å². The number of esters is 1.